The average molecular weight is 227 g/mol. The number of amides is 1. The Kier molecular flexibility index (Phi) is 4.59. The lowest BCUT2D eigenvalue weighted by atomic mass is 10.1. The fraction of sp³-hybridized carbons (Fsp3) is 0.364. The largest absolute Gasteiger partial charge is 0.355 e. The first kappa shape index (κ1) is 12.0. The summed E-state index contributed by atoms with van der Waals surface area (Å²) in [6, 6.07) is 5.63. The van der Waals surface area contributed by atoms with E-state index in [2.05, 4.69) is 5.32 Å². The molecule has 3 N–H and O–H groups in total. The van der Waals surface area contributed by atoms with Gasteiger partial charge in [-0.15, -0.1) is 0 Å². The van der Waals surface area contributed by atoms with Crippen molar-refractivity contribution < 1.29 is 4.79 Å². The van der Waals surface area contributed by atoms with Gasteiger partial charge in [-0.2, -0.15) is 0 Å². The van der Waals surface area contributed by atoms with Crippen LogP contribution in [-0.4, -0.2) is 19.0 Å². The van der Waals surface area contributed by atoms with Gasteiger partial charge >= 0.3 is 0 Å². The molecule has 0 radical (unpaired) electrons. The Morgan fingerprint density at radius 1 is 1.53 bits per heavy atom. The predicted molar refractivity (Wildman–Crippen MR) is 62.0 cm³/mol. The van der Waals surface area contributed by atoms with Crippen LogP contribution in [0.4, 0.5) is 0 Å². The Labute approximate surface area is 94.6 Å². The van der Waals surface area contributed by atoms with Gasteiger partial charge in [0.15, 0.2) is 0 Å². The van der Waals surface area contributed by atoms with E-state index < -0.39 is 0 Å². The molecule has 0 aliphatic carbocycles. The zero-order valence-corrected chi connectivity index (χ0v) is 9.47. The van der Waals surface area contributed by atoms with Crippen molar-refractivity contribution in [3.05, 3.63) is 34.3 Å². The summed E-state index contributed by atoms with van der Waals surface area (Å²) < 4.78 is 0. The van der Waals surface area contributed by atoms with E-state index >= 15 is 0 Å². The molecule has 4 heteroatoms. The Morgan fingerprint density at radius 3 is 2.87 bits per heavy atom. The molecule has 0 spiro atoms. The molecule has 0 aliphatic heterocycles. The van der Waals surface area contributed by atoms with Crippen molar-refractivity contribution in [2.75, 3.05) is 13.1 Å². The van der Waals surface area contributed by atoms with Crippen LogP contribution in [0.2, 0.25) is 5.02 Å². The number of aryl methyl sites for hydroxylation is 1. The molecule has 0 atom stereocenters. The predicted octanol–water partition coefficient (Wildman–Crippen LogP) is 1.27. The molecule has 0 aromatic heterocycles. The standard InChI is InChI=1S/C11H15ClN2O/c1-8-2-3-9(6-10(8)12)7-11(15)14-5-4-13/h2-3,6H,4-5,7,13H2,1H3,(H,14,15). The number of rotatable bonds is 4. The minimum atomic E-state index is -0.0274. The topological polar surface area (TPSA) is 55.1 Å². The molecular weight excluding hydrogens is 212 g/mol. The highest BCUT2D eigenvalue weighted by atomic mass is 35.5. The summed E-state index contributed by atoms with van der Waals surface area (Å²) in [6.45, 7) is 2.90. The van der Waals surface area contributed by atoms with Crippen molar-refractivity contribution in [2.45, 2.75) is 13.3 Å². The Bertz CT molecular complexity index is 352. The monoisotopic (exact) mass is 226 g/mol. The summed E-state index contributed by atoms with van der Waals surface area (Å²) >= 11 is 5.95. The Morgan fingerprint density at radius 2 is 2.27 bits per heavy atom. The number of carbonyl (C=O) groups is 1. The summed E-state index contributed by atoms with van der Waals surface area (Å²) in [5, 5.41) is 3.40. The van der Waals surface area contributed by atoms with E-state index in [4.69, 9.17) is 17.3 Å². The molecule has 0 saturated heterocycles. The first-order chi connectivity index (χ1) is 7.13. The lowest BCUT2D eigenvalue weighted by Crippen LogP contribution is -2.30. The van der Waals surface area contributed by atoms with Crippen molar-refractivity contribution in [1.29, 1.82) is 0 Å². The van der Waals surface area contributed by atoms with Crippen LogP contribution in [0.15, 0.2) is 18.2 Å². The molecule has 0 fully saturated rings. The van der Waals surface area contributed by atoms with Gasteiger partial charge in [0, 0.05) is 18.1 Å². The minimum absolute atomic E-state index is 0.0274. The average Bonchev–Trinajstić information content (AvgIpc) is 2.20. The van der Waals surface area contributed by atoms with Crippen molar-refractivity contribution in [1.82, 2.24) is 5.32 Å². The van der Waals surface area contributed by atoms with Gasteiger partial charge < -0.3 is 11.1 Å². The molecular formula is C11H15ClN2O. The first-order valence-electron chi connectivity index (χ1n) is 4.85. The van der Waals surface area contributed by atoms with Gasteiger partial charge in [-0.1, -0.05) is 23.7 Å². The number of carbonyl (C=O) groups excluding carboxylic acids is 1. The highest BCUT2D eigenvalue weighted by molar-refractivity contribution is 6.31. The Balaban J connectivity index is 2.57. The molecule has 1 rings (SSSR count). The fourth-order valence-corrected chi connectivity index (χ4v) is 1.41. The van der Waals surface area contributed by atoms with Crippen LogP contribution in [0, 0.1) is 6.92 Å². The number of nitrogens with two attached hydrogens (primary N) is 1. The molecule has 1 aromatic rings. The van der Waals surface area contributed by atoms with Gasteiger partial charge in [-0.25, -0.2) is 0 Å². The normalized spacial score (nSPS) is 10.1. The van der Waals surface area contributed by atoms with Crippen molar-refractivity contribution in [3.63, 3.8) is 0 Å². The van der Waals surface area contributed by atoms with Crippen LogP contribution in [0.25, 0.3) is 0 Å². The third kappa shape index (κ3) is 3.90. The van der Waals surface area contributed by atoms with Gasteiger partial charge in [0.1, 0.15) is 0 Å². The van der Waals surface area contributed by atoms with Gasteiger partial charge in [0.05, 0.1) is 6.42 Å². The quantitative estimate of drug-likeness (QED) is 0.813. The smallest absolute Gasteiger partial charge is 0.224 e. The first-order valence-corrected chi connectivity index (χ1v) is 5.23. The SMILES string of the molecule is Cc1ccc(CC(=O)NCCN)cc1Cl. The second-order valence-corrected chi connectivity index (χ2v) is 3.81. The third-order valence-corrected chi connectivity index (χ3v) is 2.47. The highest BCUT2D eigenvalue weighted by Crippen LogP contribution is 2.16. The van der Waals surface area contributed by atoms with Crippen molar-refractivity contribution in [2.24, 2.45) is 5.73 Å². The number of hydrogen-bond acceptors (Lipinski definition) is 2. The van der Waals surface area contributed by atoms with E-state index in [-0.39, 0.29) is 5.91 Å². The van der Waals surface area contributed by atoms with Gasteiger partial charge in [-0.3, -0.25) is 4.79 Å². The maximum atomic E-state index is 11.4. The molecule has 1 amide bonds. The number of benzene rings is 1. The van der Waals surface area contributed by atoms with Gasteiger partial charge in [0.25, 0.3) is 0 Å². The number of halogens is 1. The molecule has 0 saturated carbocycles. The maximum Gasteiger partial charge on any atom is 0.224 e. The molecule has 82 valence electrons. The summed E-state index contributed by atoms with van der Waals surface area (Å²) in [5.41, 5.74) is 7.21. The molecule has 0 unspecified atom stereocenters. The van der Waals surface area contributed by atoms with Gasteiger partial charge in [0.2, 0.25) is 5.91 Å². The minimum Gasteiger partial charge on any atom is -0.355 e. The van der Waals surface area contributed by atoms with E-state index in [0.717, 1.165) is 11.1 Å². The summed E-state index contributed by atoms with van der Waals surface area (Å²) in [7, 11) is 0. The molecule has 0 heterocycles. The number of nitrogens with one attached hydrogen (secondary N) is 1. The van der Waals surface area contributed by atoms with Crippen LogP contribution >= 0.6 is 11.6 Å². The summed E-state index contributed by atoms with van der Waals surface area (Å²) in [5.74, 6) is -0.0274. The van der Waals surface area contributed by atoms with Crippen LogP contribution in [-0.2, 0) is 11.2 Å². The van der Waals surface area contributed by atoms with Crippen molar-refractivity contribution >= 4 is 17.5 Å². The summed E-state index contributed by atoms with van der Waals surface area (Å²) in [6.07, 6.45) is 0.347. The fourth-order valence-electron chi connectivity index (χ4n) is 1.21. The molecule has 0 bridgehead atoms. The zero-order chi connectivity index (χ0) is 11.3. The Hall–Kier alpha value is -1.06. The van der Waals surface area contributed by atoms with Crippen LogP contribution in [0.3, 0.4) is 0 Å². The van der Waals surface area contributed by atoms with Crippen LogP contribution in [0.5, 0.6) is 0 Å². The lowest BCUT2D eigenvalue weighted by molar-refractivity contribution is -0.120. The second kappa shape index (κ2) is 5.73. The van der Waals surface area contributed by atoms with Crippen molar-refractivity contribution in [3.8, 4) is 0 Å². The molecule has 15 heavy (non-hydrogen) atoms. The van der Waals surface area contributed by atoms with Gasteiger partial charge in [-0.05, 0) is 24.1 Å². The van der Waals surface area contributed by atoms with E-state index in [1.54, 1.807) is 0 Å². The molecule has 1 aromatic carbocycles. The summed E-state index contributed by atoms with van der Waals surface area (Å²) in [4.78, 5) is 11.4. The van der Waals surface area contributed by atoms with E-state index in [1.807, 2.05) is 25.1 Å². The second-order valence-electron chi connectivity index (χ2n) is 3.40. The molecule has 0 aliphatic rings. The maximum absolute atomic E-state index is 11.4. The highest BCUT2D eigenvalue weighted by Gasteiger charge is 2.03. The third-order valence-electron chi connectivity index (χ3n) is 2.07. The van der Waals surface area contributed by atoms with E-state index in [9.17, 15) is 4.79 Å². The van der Waals surface area contributed by atoms with Crippen LogP contribution < -0.4 is 11.1 Å². The van der Waals surface area contributed by atoms with E-state index in [1.165, 1.54) is 0 Å². The van der Waals surface area contributed by atoms with E-state index in [0.29, 0.717) is 24.5 Å². The lowest BCUT2D eigenvalue weighted by Gasteiger charge is -2.05. The number of hydrogen-bond donors (Lipinski definition) is 2. The van der Waals surface area contributed by atoms with Crippen LogP contribution in [0.1, 0.15) is 11.1 Å². The molecule has 3 nitrogen and oxygen atoms in total. The zero-order valence-electron chi connectivity index (χ0n) is 8.72.